The average Bonchev–Trinajstić information content (AvgIpc) is 3.97. The van der Waals surface area contributed by atoms with Crippen LogP contribution in [-0.4, -0.2) is 13.5 Å². The van der Waals surface area contributed by atoms with Crippen LogP contribution < -0.4 is 5.56 Å². The third kappa shape index (κ3) is 4.95. The Kier molecular flexibility index (Phi) is 7.43. The SMILES string of the molecule is C=Cc1c(C=C)n2c(=O)c3ccc(-c4cccc(-c5cccc6cc(-n7c8ccccc8c8cc9c%10ccccc%10n(-c%10ccccc%10)c9cc87)ccc56)c4)cc3c3cccc1c32. The highest BCUT2D eigenvalue weighted by Gasteiger charge is 2.21. The first-order valence-electron chi connectivity index (χ1n) is 21.4. The molecule has 0 aliphatic rings. The summed E-state index contributed by atoms with van der Waals surface area (Å²) < 4.78 is 6.62. The normalized spacial score (nSPS) is 12.0. The van der Waals surface area contributed by atoms with Crippen molar-refractivity contribution in [3.8, 4) is 33.6 Å². The van der Waals surface area contributed by atoms with Gasteiger partial charge in [-0.15, -0.1) is 0 Å². The number of nitrogens with zero attached hydrogens (tertiary/aromatic N) is 3. The summed E-state index contributed by atoms with van der Waals surface area (Å²) >= 11 is 0. The van der Waals surface area contributed by atoms with Crippen molar-refractivity contribution in [3.05, 3.63) is 223 Å². The molecule has 0 atom stereocenters. The van der Waals surface area contributed by atoms with Gasteiger partial charge in [0.1, 0.15) is 0 Å². The van der Waals surface area contributed by atoms with Gasteiger partial charge >= 0.3 is 0 Å². The molecular weight excluding hydrogens is 767 g/mol. The highest BCUT2D eigenvalue weighted by atomic mass is 16.1. The summed E-state index contributed by atoms with van der Waals surface area (Å²) in [4.78, 5) is 14.1. The second-order valence-electron chi connectivity index (χ2n) is 16.5. The Morgan fingerprint density at radius 3 is 1.78 bits per heavy atom. The van der Waals surface area contributed by atoms with Gasteiger partial charge in [-0.1, -0.05) is 141 Å². The maximum Gasteiger partial charge on any atom is 0.263 e. The van der Waals surface area contributed by atoms with Gasteiger partial charge in [0.15, 0.2) is 0 Å². The quantitative estimate of drug-likeness (QED) is 0.154. The van der Waals surface area contributed by atoms with E-state index in [4.69, 9.17) is 0 Å². The van der Waals surface area contributed by atoms with Crippen molar-refractivity contribution in [2.24, 2.45) is 0 Å². The molecule has 0 aliphatic heterocycles. The minimum atomic E-state index is -0.0448. The van der Waals surface area contributed by atoms with Crippen molar-refractivity contribution in [2.75, 3.05) is 0 Å². The van der Waals surface area contributed by atoms with Crippen LogP contribution in [0.2, 0.25) is 0 Å². The fourth-order valence-corrected chi connectivity index (χ4v) is 10.6. The Morgan fingerprint density at radius 1 is 0.381 bits per heavy atom. The number of fused-ring (bicyclic) bond motifs is 9. The third-order valence-corrected chi connectivity index (χ3v) is 13.3. The zero-order chi connectivity index (χ0) is 41.9. The van der Waals surface area contributed by atoms with E-state index in [1.54, 1.807) is 10.5 Å². The van der Waals surface area contributed by atoms with Crippen molar-refractivity contribution < 1.29 is 0 Å². The van der Waals surface area contributed by atoms with E-state index >= 15 is 0 Å². The summed E-state index contributed by atoms with van der Waals surface area (Å²) in [6.07, 6.45) is 3.58. The number of hydrogen-bond acceptors (Lipinski definition) is 1. The molecule has 63 heavy (non-hydrogen) atoms. The molecule has 0 unspecified atom stereocenters. The fraction of sp³-hybridized carbons (Fsp3) is 0. The molecule has 4 heterocycles. The Balaban J connectivity index is 0.957. The number of hydrogen-bond donors (Lipinski definition) is 0. The topological polar surface area (TPSA) is 31.3 Å². The molecule has 0 spiro atoms. The van der Waals surface area contributed by atoms with Crippen molar-refractivity contribution in [3.63, 3.8) is 0 Å². The minimum Gasteiger partial charge on any atom is -0.309 e. The molecule has 0 aliphatic carbocycles. The van der Waals surface area contributed by atoms with E-state index < -0.39 is 0 Å². The van der Waals surface area contributed by atoms with Crippen molar-refractivity contribution in [1.82, 2.24) is 13.5 Å². The van der Waals surface area contributed by atoms with Crippen LogP contribution in [0, 0.1) is 0 Å². The third-order valence-electron chi connectivity index (χ3n) is 13.3. The van der Waals surface area contributed by atoms with Crippen molar-refractivity contribution >= 4 is 93.6 Å². The fourth-order valence-electron chi connectivity index (χ4n) is 10.6. The molecule has 0 saturated heterocycles. The zero-order valence-electron chi connectivity index (χ0n) is 34.2. The highest BCUT2D eigenvalue weighted by Crippen LogP contribution is 2.41. The predicted octanol–water partition coefficient (Wildman–Crippen LogP) is 15.0. The number of pyridine rings is 1. The van der Waals surface area contributed by atoms with Crippen LogP contribution in [0.3, 0.4) is 0 Å². The van der Waals surface area contributed by atoms with Gasteiger partial charge in [-0.2, -0.15) is 0 Å². The molecule has 4 aromatic heterocycles. The van der Waals surface area contributed by atoms with E-state index in [-0.39, 0.29) is 5.56 Å². The van der Waals surface area contributed by atoms with Crippen LogP contribution in [0.15, 0.2) is 206 Å². The molecule has 0 saturated carbocycles. The molecule has 13 rings (SSSR count). The lowest BCUT2D eigenvalue weighted by Gasteiger charge is -2.13. The maximum atomic E-state index is 14.1. The first-order chi connectivity index (χ1) is 31.1. The Bertz CT molecular complexity index is 4140. The molecule has 9 aromatic carbocycles. The summed E-state index contributed by atoms with van der Waals surface area (Å²) in [6.45, 7) is 8.09. The van der Waals surface area contributed by atoms with Crippen molar-refractivity contribution in [1.29, 1.82) is 0 Å². The van der Waals surface area contributed by atoms with Crippen LogP contribution >= 0.6 is 0 Å². The van der Waals surface area contributed by atoms with Gasteiger partial charge < -0.3 is 9.13 Å². The largest absolute Gasteiger partial charge is 0.309 e. The zero-order valence-corrected chi connectivity index (χ0v) is 34.2. The molecule has 0 radical (unpaired) electrons. The molecule has 0 bridgehead atoms. The summed E-state index contributed by atoms with van der Waals surface area (Å²) in [7, 11) is 0. The first-order valence-corrected chi connectivity index (χ1v) is 21.4. The average molecular weight is 804 g/mol. The second-order valence-corrected chi connectivity index (χ2v) is 16.5. The molecule has 0 amide bonds. The molecule has 4 nitrogen and oxygen atoms in total. The van der Waals surface area contributed by atoms with Gasteiger partial charge in [0.2, 0.25) is 0 Å². The smallest absolute Gasteiger partial charge is 0.263 e. The van der Waals surface area contributed by atoms with Gasteiger partial charge in [-0.3, -0.25) is 9.20 Å². The van der Waals surface area contributed by atoms with Crippen LogP contribution in [0.1, 0.15) is 11.3 Å². The second kappa shape index (κ2) is 13.3. The van der Waals surface area contributed by atoms with Gasteiger partial charge in [0.25, 0.3) is 5.56 Å². The molecule has 13 aromatic rings. The van der Waals surface area contributed by atoms with E-state index in [1.807, 2.05) is 12.1 Å². The lowest BCUT2D eigenvalue weighted by molar-refractivity contribution is 1.13. The van der Waals surface area contributed by atoms with Crippen LogP contribution in [0.25, 0.3) is 127 Å². The predicted molar refractivity (Wildman–Crippen MR) is 267 cm³/mol. The van der Waals surface area contributed by atoms with E-state index in [0.717, 1.165) is 61.0 Å². The van der Waals surface area contributed by atoms with Gasteiger partial charge in [-0.25, -0.2) is 0 Å². The summed E-state index contributed by atoms with van der Waals surface area (Å²) in [5, 5.41) is 11.0. The standard InChI is InChI=1S/C59H37N3O/c1-3-42-47-23-14-24-48-50-33-37(27-29-49(50)59(63)62(58(47)48)53(42)4-2)36-15-12-16-38(31-36)43-22-13-17-39-32-41(28-30-44(39)43)61-55-26-11-9-21-46(55)52-34-51-45-20-8-10-25-54(45)60(56(51)35-57(52)61)40-18-6-5-7-19-40/h3-35H,1-2H2. The molecule has 0 N–H and O–H groups in total. The number of benzene rings is 9. The van der Waals surface area contributed by atoms with E-state index in [1.165, 1.54) is 59.9 Å². The van der Waals surface area contributed by atoms with Gasteiger partial charge in [0, 0.05) is 54.6 Å². The van der Waals surface area contributed by atoms with Crippen LogP contribution in [-0.2, 0) is 0 Å². The van der Waals surface area contributed by atoms with Gasteiger partial charge in [0.05, 0.1) is 33.3 Å². The highest BCUT2D eigenvalue weighted by molar-refractivity contribution is 6.20. The van der Waals surface area contributed by atoms with Crippen molar-refractivity contribution in [2.45, 2.75) is 0 Å². The summed E-state index contributed by atoms with van der Waals surface area (Å²) in [5.41, 5.74) is 14.0. The number of rotatable bonds is 6. The number of aromatic nitrogens is 3. The van der Waals surface area contributed by atoms with Crippen LogP contribution in [0.4, 0.5) is 0 Å². The van der Waals surface area contributed by atoms with E-state index in [0.29, 0.717) is 5.39 Å². The molecule has 294 valence electrons. The lowest BCUT2D eigenvalue weighted by atomic mass is 9.94. The summed E-state index contributed by atoms with van der Waals surface area (Å²) in [6, 6.07) is 67.6. The molecular formula is C59H37N3O. The van der Waals surface area contributed by atoms with E-state index in [9.17, 15) is 4.79 Å². The number of para-hydroxylation sites is 4. The Hall–Kier alpha value is -8.47. The molecule has 0 fully saturated rings. The first kappa shape index (κ1) is 35.3. The monoisotopic (exact) mass is 803 g/mol. The Labute approximate surface area is 362 Å². The van der Waals surface area contributed by atoms with Gasteiger partial charge in [-0.05, 0) is 111 Å². The molecule has 4 heteroatoms. The van der Waals surface area contributed by atoms with Crippen LogP contribution in [0.5, 0.6) is 0 Å². The Morgan fingerprint density at radius 2 is 1.02 bits per heavy atom. The maximum absolute atomic E-state index is 14.1. The minimum absolute atomic E-state index is 0.0448. The van der Waals surface area contributed by atoms with E-state index in [2.05, 4.69) is 204 Å². The lowest BCUT2D eigenvalue weighted by Crippen LogP contribution is -2.14. The summed E-state index contributed by atoms with van der Waals surface area (Å²) in [5.74, 6) is 0.